The minimum absolute atomic E-state index is 0.163. The van der Waals surface area contributed by atoms with Crippen LogP contribution in [-0.2, 0) is 7.05 Å². The van der Waals surface area contributed by atoms with Crippen LogP contribution in [0.2, 0.25) is 5.15 Å². The van der Waals surface area contributed by atoms with Gasteiger partial charge in [-0.25, -0.2) is 9.78 Å². The molecule has 2 heterocycles. The van der Waals surface area contributed by atoms with Crippen LogP contribution in [0, 0.1) is 0 Å². The summed E-state index contributed by atoms with van der Waals surface area (Å²) >= 11 is 6.10. The number of imidazole rings is 1. The largest absolute Gasteiger partial charge is 0.494 e. The molecule has 0 aliphatic carbocycles. The summed E-state index contributed by atoms with van der Waals surface area (Å²) in [4.78, 5) is 16.5. The first-order chi connectivity index (χ1) is 10.1. The molecule has 0 aliphatic rings. The van der Waals surface area contributed by atoms with Crippen LogP contribution in [-0.4, -0.2) is 20.7 Å². The zero-order valence-corrected chi connectivity index (χ0v) is 12.5. The van der Waals surface area contributed by atoms with Crippen molar-refractivity contribution in [1.29, 1.82) is 0 Å². The number of pyridine rings is 1. The van der Waals surface area contributed by atoms with Crippen molar-refractivity contribution in [2.75, 3.05) is 6.61 Å². The lowest BCUT2D eigenvalue weighted by Gasteiger charge is -2.06. The van der Waals surface area contributed by atoms with Gasteiger partial charge in [-0.1, -0.05) is 11.6 Å². The maximum Gasteiger partial charge on any atom is 0.333 e. The fourth-order valence-corrected chi connectivity index (χ4v) is 2.65. The molecule has 0 bridgehead atoms. The van der Waals surface area contributed by atoms with Gasteiger partial charge in [-0.2, -0.15) is 0 Å². The van der Waals surface area contributed by atoms with Crippen molar-refractivity contribution >= 4 is 22.6 Å². The number of hydrogen-bond acceptors (Lipinski definition) is 3. The third kappa shape index (κ3) is 2.19. The zero-order valence-electron chi connectivity index (χ0n) is 11.7. The Morgan fingerprint density at radius 2 is 1.95 bits per heavy atom. The molecule has 0 saturated carbocycles. The molecule has 0 spiro atoms. The Kier molecular flexibility index (Phi) is 3.43. The molecule has 1 aromatic carbocycles. The normalized spacial score (nSPS) is 11.0. The maximum absolute atomic E-state index is 12.5. The fourth-order valence-electron chi connectivity index (χ4n) is 2.37. The minimum atomic E-state index is -0.163. The predicted molar refractivity (Wildman–Crippen MR) is 82.5 cm³/mol. The summed E-state index contributed by atoms with van der Waals surface area (Å²) in [5, 5.41) is 0.316. The first kappa shape index (κ1) is 13.7. The number of aromatic nitrogens is 3. The third-order valence-corrected chi connectivity index (χ3v) is 3.60. The summed E-state index contributed by atoms with van der Waals surface area (Å²) in [7, 11) is 1.68. The lowest BCUT2D eigenvalue weighted by atomic mass is 10.3. The summed E-state index contributed by atoms with van der Waals surface area (Å²) < 4.78 is 8.53. The molecule has 108 valence electrons. The molecule has 0 amide bonds. The Balaban J connectivity index is 2.23. The molecular formula is C15H14ClN3O2. The van der Waals surface area contributed by atoms with Gasteiger partial charge >= 0.3 is 5.69 Å². The maximum atomic E-state index is 12.5. The van der Waals surface area contributed by atoms with Gasteiger partial charge in [0, 0.05) is 13.2 Å². The van der Waals surface area contributed by atoms with Crippen molar-refractivity contribution in [2.24, 2.45) is 7.05 Å². The predicted octanol–water partition coefficient (Wildman–Crippen LogP) is 2.78. The summed E-state index contributed by atoms with van der Waals surface area (Å²) in [6.45, 7) is 2.53. The van der Waals surface area contributed by atoms with Gasteiger partial charge in [-0.05, 0) is 37.3 Å². The summed E-state index contributed by atoms with van der Waals surface area (Å²) in [5.41, 5.74) is 1.95. The Hall–Kier alpha value is -2.27. The van der Waals surface area contributed by atoms with Gasteiger partial charge in [0.25, 0.3) is 0 Å². The van der Waals surface area contributed by atoms with Gasteiger partial charge in [0.1, 0.15) is 11.3 Å². The van der Waals surface area contributed by atoms with E-state index in [9.17, 15) is 4.79 Å². The van der Waals surface area contributed by atoms with E-state index >= 15 is 0 Å². The second kappa shape index (κ2) is 5.26. The Morgan fingerprint density at radius 1 is 1.24 bits per heavy atom. The highest BCUT2D eigenvalue weighted by Gasteiger charge is 2.15. The van der Waals surface area contributed by atoms with Crippen molar-refractivity contribution < 1.29 is 4.74 Å². The number of nitrogens with zero attached hydrogens (tertiary/aromatic N) is 3. The van der Waals surface area contributed by atoms with E-state index in [2.05, 4.69) is 4.98 Å². The molecule has 0 aliphatic heterocycles. The molecule has 0 radical (unpaired) electrons. The topological polar surface area (TPSA) is 49.0 Å². The van der Waals surface area contributed by atoms with E-state index in [0.717, 1.165) is 17.0 Å². The summed E-state index contributed by atoms with van der Waals surface area (Å²) in [5.74, 6) is 0.772. The van der Waals surface area contributed by atoms with Crippen molar-refractivity contribution in [2.45, 2.75) is 6.92 Å². The number of rotatable bonds is 3. The Bertz CT molecular complexity index is 850. The van der Waals surface area contributed by atoms with Crippen LogP contribution in [0.3, 0.4) is 0 Å². The smallest absolute Gasteiger partial charge is 0.333 e. The van der Waals surface area contributed by atoms with Gasteiger partial charge in [0.05, 0.1) is 17.8 Å². The van der Waals surface area contributed by atoms with Gasteiger partial charge in [-0.15, -0.1) is 0 Å². The monoisotopic (exact) mass is 303 g/mol. The molecule has 5 nitrogen and oxygen atoms in total. The number of aryl methyl sites for hydroxylation is 1. The fraction of sp³-hybridized carbons (Fsp3) is 0.200. The van der Waals surface area contributed by atoms with Crippen LogP contribution < -0.4 is 10.4 Å². The number of halogens is 1. The van der Waals surface area contributed by atoms with Crippen LogP contribution in [0.25, 0.3) is 16.7 Å². The average Bonchev–Trinajstić information content (AvgIpc) is 2.74. The van der Waals surface area contributed by atoms with Gasteiger partial charge in [0.15, 0.2) is 5.15 Å². The van der Waals surface area contributed by atoms with Crippen LogP contribution in [0.1, 0.15) is 6.92 Å². The summed E-state index contributed by atoms with van der Waals surface area (Å²) in [6, 6.07) is 9.15. The van der Waals surface area contributed by atoms with E-state index in [4.69, 9.17) is 16.3 Å². The zero-order chi connectivity index (χ0) is 15.0. The number of ether oxygens (including phenoxy) is 1. The van der Waals surface area contributed by atoms with E-state index in [-0.39, 0.29) is 5.69 Å². The first-order valence-electron chi connectivity index (χ1n) is 6.58. The molecule has 0 unspecified atom stereocenters. The van der Waals surface area contributed by atoms with Crippen molar-refractivity contribution in [3.63, 3.8) is 0 Å². The standard InChI is InChI=1S/C15H14ClN3O2/c1-3-21-11-6-4-10(5-7-11)19-12-8-9-17-14(16)13(12)18(2)15(19)20/h4-9H,3H2,1-2H3. The third-order valence-electron chi connectivity index (χ3n) is 3.32. The average molecular weight is 304 g/mol. The van der Waals surface area contributed by atoms with Crippen molar-refractivity contribution in [3.05, 3.63) is 52.2 Å². The van der Waals surface area contributed by atoms with Gasteiger partial charge in [-0.3, -0.25) is 9.13 Å². The second-order valence-electron chi connectivity index (χ2n) is 4.57. The van der Waals surface area contributed by atoms with E-state index in [1.807, 2.05) is 31.2 Å². The highest BCUT2D eigenvalue weighted by molar-refractivity contribution is 6.33. The number of fused-ring (bicyclic) bond motifs is 1. The molecule has 6 heteroatoms. The van der Waals surface area contributed by atoms with Gasteiger partial charge < -0.3 is 4.74 Å². The molecule has 2 aromatic heterocycles. The molecular weight excluding hydrogens is 290 g/mol. The molecule has 3 aromatic rings. The van der Waals surface area contributed by atoms with Gasteiger partial charge in [0.2, 0.25) is 0 Å². The van der Waals surface area contributed by atoms with Crippen LogP contribution in [0.15, 0.2) is 41.3 Å². The molecule has 3 rings (SSSR count). The summed E-state index contributed by atoms with van der Waals surface area (Å²) in [6.07, 6.45) is 1.59. The van der Waals surface area contributed by atoms with E-state index in [1.165, 1.54) is 4.57 Å². The first-order valence-corrected chi connectivity index (χ1v) is 6.96. The highest BCUT2D eigenvalue weighted by Crippen LogP contribution is 2.23. The van der Waals surface area contributed by atoms with Crippen molar-refractivity contribution in [1.82, 2.24) is 14.1 Å². The highest BCUT2D eigenvalue weighted by atomic mass is 35.5. The molecule has 0 N–H and O–H groups in total. The van der Waals surface area contributed by atoms with E-state index < -0.39 is 0 Å². The quantitative estimate of drug-likeness (QED) is 0.699. The number of hydrogen-bond donors (Lipinski definition) is 0. The number of benzene rings is 1. The van der Waals surface area contributed by atoms with E-state index in [0.29, 0.717) is 17.3 Å². The van der Waals surface area contributed by atoms with E-state index in [1.54, 1.807) is 23.9 Å². The molecule has 0 atom stereocenters. The van der Waals surface area contributed by atoms with Crippen molar-refractivity contribution in [3.8, 4) is 11.4 Å². The molecule has 0 fully saturated rings. The lowest BCUT2D eigenvalue weighted by molar-refractivity contribution is 0.340. The molecule has 0 saturated heterocycles. The Morgan fingerprint density at radius 3 is 2.62 bits per heavy atom. The molecule has 21 heavy (non-hydrogen) atoms. The lowest BCUT2D eigenvalue weighted by Crippen LogP contribution is -2.20. The van der Waals surface area contributed by atoms with Crippen LogP contribution in [0.4, 0.5) is 0 Å². The second-order valence-corrected chi connectivity index (χ2v) is 4.93. The van der Waals surface area contributed by atoms with Crippen LogP contribution >= 0.6 is 11.6 Å². The SMILES string of the molecule is CCOc1ccc(-n2c(=O)n(C)c3c(Cl)nccc32)cc1. The Labute approximate surface area is 126 Å². The minimum Gasteiger partial charge on any atom is -0.494 e. The van der Waals surface area contributed by atoms with Crippen LogP contribution in [0.5, 0.6) is 5.75 Å².